The molecule has 1 aromatic rings. The Morgan fingerprint density at radius 2 is 1.89 bits per heavy atom. The maximum absolute atomic E-state index is 11.3. The van der Waals surface area contributed by atoms with Gasteiger partial charge in [0.25, 0.3) is 0 Å². The van der Waals surface area contributed by atoms with Crippen LogP contribution in [-0.2, 0) is 14.3 Å². The van der Waals surface area contributed by atoms with E-state index in [1.807, 2.05) is 0 Å². The summed E-state index contributed by atoms with van der Waals surface area (Å²) in [5.41, 5.74) is 0.951. The molecule has 0 radical (unpaired) electrons. The van der Waals surface area contributed by atoms with Gasteiger partial charge in [-0.1, -0.05) is 12.1 Å². The first-order valence-electron chi connectivity index (χ1n) is 5.29. The molecule has 1 aromatic carbocycles. The number of ether oxygens (including phenoxy) is 2. The van der Waals surface area contributed by atoms with Crippen LogP contribution in [0, 0.1) is 0 Å². The molecule has 0 aliphatic heterocycles. The Morgan fingerprint density at radius 3 is 2.44 bits per heavy atom. The van der Waals surface area contributed by atoms with Crippen molar-refractivity contribution in [3.8, 4) is 5.75 Å². The van der Waals surface area contributed by atoms with Crippen LogP contribution in [-0.4, -0.2) is 26.1 Å². The van der Waals surface area contributed by atoms with E-state index >= 15 is 0 Å². The first-order chi connectivity index (χ1) is 8.58. The number of carbonyl (C=O) groups excluding carboxylic acids is 2. The van der Waals surface area contributed by atoms with Crippen molar-refractivity contribution in [3.63, 3.8) is 0 Å². The number of nitrogens with one attached hydrogen (secondary N) is 1. The topological polar surface area (TPSA) is 64.6 Å². The average molecular weight is 249 g/mol. The predicted octanol–water partition coefficient (Wildman–Crippen LogP) is 1.35. The highest BCUT2D eigenvalue weighted by Crippen LogP contribution is 2.23. The second kappa shape index (κ2) is 6.44. The molecule has 1 amide bonds. The lowest BCUT2D eigenvalue weighted by molar-refractivity contribution is -0.134. The number of hydrogen-bond acceptors (Lipinski definition) is 4. The van der Waals surface area contributed by atoms with Gasteiger partial charge in [-0.3, -0.25) is 4.79 Å². The molecule has 18 heavy (non-hydrogen) atoms. The first kappa shape index (κ1) is 13.8. The van der Waals surface area contributed by atoms with Crippen molar-refractivity contribution in [2.75, 3.05) is 14.2 Å². The molecule has 1 rings (SSSR count). The van der Waals surface area contributed by atoms with Crippen LogP contribution in [0.1, 0.15) is 12.5 Å². The van der Waals surface area contributed by atoms with Crippen molar-refractivity contribution in [1.82, 2.24) is 5.32 Å². The molecule has 0 aliphatic carbocycles. The summed E-state index contributed by atoms with van der Waals surface area (Å²) in [6.45, 7) is 1.36. The Morgan fingerprint density at radius 1 is 1.22 bits per heavy atom. The van der Waals surface area contributed by atoms with Crippen molar-refractivity contribution < 1.29 is 19.1 Å². The monoisotopic (exact) mass is 249 g/mol. The molecule has 1 N–H and O–H groups in total. The van der Waals surface area contributed by atoms with Crippen molar-refractivity contribution in [3.05, 3.63) is 35.9 Å². The van der Waals surface area contributed by atoms with Gasteiger partial charge in [0.15, 0.2) is 0 Å². The summed E-state index contributed by atoms with van der Waals surface area (Å²) in [6, 6.07) is 7.06. The van der Waals surface area contributed by atoms with Crippen LogP contribution in [0.2, 0.25) is 0 Å². The molecule has 5 nitrogen and oxygen atoms in total. The van der Waals surface area contributed by atoms with Gasteiger partial charge in [0.2, 0.25) is 5.91 Å². The van der Waals surface area contributed by atoms with Gasteiger partial charge in [0.1, 0.15) is 5.75 Å². The minimum absolute atomic E-state index is 0.281. The van der Waals surface area contributed by atoms with E-state index in [2.05, 4.69) is 10.1 Å². The predicted molar refractivity (Wildman–Crippen MR) is 66.8 cm³/mol. The molecule has 0 heterocycles. The molecule has 0 unspecified atom stereocenters. The quantitative estimate of drug-likeness (QED) is 0.646. The van der Waals surface area contributed by atoms with Crippen LogP contribution in [0.5, 0.6) is 5.75 Å². The summed E-state index contributed by atoms with van der Waals surface area (Å²) in [5, 5.41) is 2.58. The largest absolute Gasteiger partial charge is 0.496 e. The Balaban J connectivity index is 3.21. The van der Waals surface area contributed by atoms with E-state index in [-0.39, 0.29) is 5.91 Å². The Hall–Kier alpha value is -2.30. The maximum atomic E-state index is 11.3. The molecule has 96 valence electrons. The van der Waals surface area contributed by atoms with Crippen LogP contribution in [0.3, 0.4) is 0 Å². The highest BCUT2D eigenvalue weighted by molar-refractivity contribution is 5.96. The van der Waals surface area contributed by atoms with Gasteiger partial charge in [0, 0.05) is 18.6 Å². The van der Waals surface area contributed by atoms with Gasteiger partial charge in [-0.15, -0.1) is 0 Å². The zero-order valence-corrected chi connectivity index (χ0v) is 10.5. The third-order valence-corrected chi connectivity index (χ3v) is 2.17. The highest BCUT2D eigenvalue weighted by atomic mass is 16.5. The molecule has 0 saturated heterocycles. The van der Waals surface area contributed by atoms with Gasteiger partial charge >= 0.3 is 5.97 Å². The Labute approximate surface area is 105 Å². The van der Waals surface area contributed by atoms with E-state index in [4.69, 9.17) is 4.74 Å². The minimum atomic E-state index is -0.551. The van der Waals surface area contributed by atoms with Gasteiger partial charge in [-0.2, -0.15) is 0 Å². The molecular weight excluding hydrogens is 234 g/mol. The van der Waals surface area contributed by atoms with Gasteiger partial charge < -0.3 is 14.8 Å². The average Bonchev–Trinajstić information content (AvgIpc) is 2.37. The summed E-state index contributed by atoms with van der Waals surface area (Å²) in [7, 11) is 2.79. The van der Waals surface area contributed by atoms with Crippen LogP contribution in [0.4, 0.5) is 0 Å². The lowest BCUT2D eigenvalue weighted by Crippen LogP contribution is -2.19. The van der Waals surface area contributed by atoms with Crippen molar-refractivity contribution in [1.29, 1.82) is 0 Å². The number of esters is 1. The zero-order valence-electron chi connectivity index (χ0n) is 10.5. The van der Waals surface area contributed by atoms with E-state index < -0.39 is 5.97 Å². The summed E-state index contributed by atoms with van der Waals surface area (Å²) < 4.78 is 9.73. The Bertz CT molecular complexity index is 480. The normalized spacial score (nSPS) is 10.7. The second-order valence-corrected chi connectivity index (χ2v) is 3.46. The van der Waals surface area contributed by atoms with Crippen molar-refractivity contribution in [2.24, 2.45) is 0 Å². The number of rotatable bonds is 4. The number of carbonyl (C=O) groups is 2. The molecule has 0 aliphatic rings. The van der Waals surface area contributed by atoms with E-state index in [0.717, 1.165) is 0 Å². The molecule has 5 heteroatoms. The molecule has 0 atom stereocenters. The van der Waals surface area contributed by atoms with E-state index in [9.17, 15) is 9.59 Å². The number of para-hydroxylation sites is 1. The van der Waals surface area contributed by atoms with E-state index in [0.29, 0.717) is 17.0 Å². The molecule has 0 saturated carbocycles. The van der Waals surface area contributed by atoms with Crippen molar-refractivity contribution >= 4 is 17.6 Å². The molecular formula is C13H15NO4. The number of amides is 1. The van der Waals surface area contributed by atoms with Crippen LogP contribution < -0.4 is 10.1 Å². The zero-order chi connectivity index (χ0) is 13.5. The van der Waals surface area contributed by atoms with Crippen LogP contribution >= 0.6 is 0 Å². The molecule has 0 bridgehead atoms. The second-order valence-electron chi connectivity index (χ2n) is 3.46. The third-order valence-electron chi connectivity index (χ3n) is 2.17. The van der Waals surface area contributed by atoms with Crippen LogP contribution in [0.25, 0.3) is 5.70 Å². The van der Waals surface area contributed by atoms with Crippen LogP contribution in [0.15, 0.2) is 30.3 Å². The standard InChI is InChI=1S/C13H15NO4/c1-9(15)14-11(8-13(16)18-3)10-6-4-5-7-12(10)17-2/h4-8H,1-3H3,(H,14,15). The number of benzene rings is 1. The summed E-state index contributed by atoms with van der Waals surface area (Å²) in [5.74, 6) is -0.276. The lowest BCUT2D eigenvalue weighted by atomic mass is 10.1. The number of methoxy groups -OCH3 is 2. The summed E-state index contributed by atoms with van der Waals surface area (Å²) >= 11 is 0. The lowest BCUT2D eigenvalue weighted by Gasteiger charge is -2.12. The fraction of sp³-hybridized carbons (Fsp3) is 0.231. The Kier molecular flexibility index (Phi) is 4.92. The van der Waals surface area contributed by atoms with Crippen molar-refractivity contribution in [2.45, 2.75) is 6.92 Å². The molecule has 0 aromatic heterocycles. The van der Waals surface area contributed by atoms with E-state index in [1.54, 1.807) is 24.3 Å². The minimum Gasteiger partial charge on any atom is -0.496 e. The maximum Gasteiger partial charge on any atom is 0.332 e. The van der Waals surface area contributed by atoms with Gasteiger partial charge in [0.05, 0.1) is 19.9 Å². The van der Waals surface area contributed by atoms with Gasteiger partial charge in [-0.25, -0.2) is 4.79 Å². The molecule has 0 fully saturated rings. The number of hydrogen-bond donors (Lipinski definition) is 1. The fourth-order valence-electron chi connectivity index (χ4n) is 1.41. The first-order valence-corrected chi connectivity index (χ1v) is 5.29. The summed E-state index contributed by atoms with van der Waals surface area (Å²) in [4.78, 5) is 22.4. The fourth-order valence-corrected chi connectivity index (χ4v) is 1.41. The third kappa shape index (κ3) is 3.62. The SMILES string of the molecule is COC(=O)C=C(NC(C)=O)c1ccccc1OC. The molecule has 0 spiro atoms. The van der Waals surface area contributed by atoms with Gasteiger partial charge in [-0.05, 0) is 12.1 Å². The summed E-state index contributed by atoms with van der Waals surface area (Å²) in [6.07, 6.45) is 1.21. The smallest absolute Gasteiger partial charge is 0.332 e. The highest BCUT2D eigenvalue weighted by Gasteiger charge is 2.11. The van der Waals surface area contributed by atoms with E-state index in [1.165, 1.54) is 27.2 Å².